The van der Waals surface area contributed by atoms with Gasteiger partial charge in [0.05, 0.1) is 11.6 Å². The Labute approximate surface area is 109 Å². The molecule has 0 bridgehead atoms. The highest BCUT2D eigenvalue weighted by molar-refractivity contribution is 5.95. The maximum atomic E-state index is 13.6. The lowest BCUT2D eigenvalue weighted by atomic mass is 10.0. The third-order valence-corrected chi connectivity index (χ3v) is 3.08. The second-order valence-electron chi connectivity index (χ2n) is 5.04. The number of rotatable bonds is 3. The number of carbonyl (C=O) groups excluding carboxylic acids is 1. The second-order valence-corrected chi connectivity index (χ2v) is 5.04. The van der Waals surface area contributed by atoms with Crippen molar-refractivity contribution in [3.05, 3.63) is 29.6 Å². The molecule has 100 valence electrons. The van der Waals surface area contributed by atoms with E-state index in [0.717, 1.165) is 25.1 Å². The van der Waals surface area contributed by atoms with Gasteiger partial charge in [0.15, 0.2) is 5.82 Å². The molecular formula is C13H13F2N3O. The minimum absolute atomic E-state index is 0.0854. The molecule has 2 rings (SSSR count). The van der Waals surface area contributed by atoms with Crippen LogP contribution in [0.4, 0.5) is 8.78 Å². The Balaban J connectivity index is 2.41. The molecule has 0 radical (unpaired) electrons. The number of nitriles is 1. The molecule has 0 saturated heterocycles. The fourth-order valence-corrected chi connectivity index (χ4v) is 1.98. The summed E-state index contributed by atoms with van der Waals surface area (Å²) in [4.78, 5) is 16.8. The summed E-state index contributed by atoms with van der Waals surface area (Å²) in [7, 11) is 0. The molecule has 1 aromatic heterocycles. The predicted molar refractivity (Wildman–Crippen MR) is 63.0 cm³/mol. The van der Waals surface area contributed by atoms with Crippen molar-refractivity contribution < 1.29 is 13.6 Å². The van der Waals surface area contributed by atoms with E-state index in [-0.39, 0.29) is 11.6 Å². The van der Waals surface area contributed by atoms with Crippen LogP contribution in [0.15, 0.2) is 12.3 Å². The van der Waals surface area contributed by atoms with E-state index < -0.39 is 23.2 Å². The molecule has 0 spiro atoms. The van der Waals surface area contributed by atoms with Crippen LogP contribution in [0.3, 0.4) is 0 Å². The minimum atomic E-state index is -1.31. The zero-order valence-electron chi connectivity index (χ0n) is 10.7. The van der Waals surface area contributed by atoms with Crippen LogP contribution in [-0.4, -0.2) is 27.4 Å². The molecule has 4 nitrogen and oxygen atoms in total. The fraction of sp³-hybridized carbons (Fsp3) is 0.462. The molecule has 0 aromatic carbocycles. The molecule has 1 aromatic rings. The highest BCUT2D eigenvalue weighted by Crippen LogP contribution is 2.34. The predicted octanol–water partition coefficient (Wildman–Crippen LogP) is 2.27. The third kappa shape index (κ3) is 2.41. The summed E-state index contributed by atoms with van der Waals surface area (Å²) in [6.07, 6.45) is 2.58. The van der Waals surface area contributed by atoms with E-state index in [2.05, 4.69) is 4.98 Å². The minimum Gasteiger partial charge on any atom is -0.317 e. The Kier molecular flexibility index (Phi) is 3.23. The summed E-state index contributed by atoms with van der Waals surface area (Å²) in [5, 5.41) is 9.14. The van der Waals surface area contributed by atoms with Crippen molar-refractivity contribution >= 4 is 5.91 Å². The average Bonchev–Trinajstić information content (AvgIpc) is 3.17. The number of hydrogen-bond acceptors (Lipinski definition) is 3. The molecule has 1 fully saturated rings. The molecule has 1 amide bonds. The molecular weight excluding hydrogens is 252 g/mol. The van der Waals surface area contributed by atoms with Crippen molar-refractivity contribution in [1.29, 1.82) is 5.26 Å². The van der Waals surface area contributed by atoms with Gasteiger partial charge in [0.2, 0.25) is 5.95 Å². The van der Waals surface area contributed by atoms with Crippen LogP contribution in [0.1, 0.15) is 37.0 Å². The molecule has 6 heteroatoms. The summed E-state index contributed by atoms with van der Waals surface area (Å²) in [6, 6.07) is 3.06. The van der Waals surface area contributed by atoms with Crippen LogP contribution >= 0.6 is 0 Å². The van der Waals surface area contributed by atoms with Gasteiger partial charge in [-0.3, -0.25) is 4.79 Å². The third-order valence-electron chi connectivity index (χ3n) is 3.08. The molecule has 1 aliphatic rings. The van der Waals surface area contributed by atoms with Crippen LogP contribution in [0.5, 0.6) is 0 Å². The summed E-state index contributed by atoms with van der Waals surface area (Å²) in [6.45, 7) is 3.16. The SMILES string of the molecule is CC(C)(C#N)N(C(=O)c1ccnc(F)c1F)C1CC1. The van der Waals surface area contributed by atoms with E-state index in [9.17, 15) is 13.6 Å². The first-order chi connectivity index (χ1) is 8.88. The Hall–Kier alpha value is -2.03. The molecule has 1 aliphatic carbocycles. The number of halogens is 2. The molecule has 19 heavy (non-hydrogen) atoms. The number of aromatic nitrogens is 1. The van der Waals surface area contributed by atoms with Gasteiger partial charge >= 0.3 is 0 Å². The van der Waals surface area contributed by atoms with Crippen molar-refractivity contribution in [3.63, 3.8) is 0 Å². The van der Waals surface area contributed by atoms with Gasteiger partial charge in [0, 0.05) is 12.2 Å². The topological polar surface area (TPSA) is 57.0 Å². The first-order valence-corrected chi connectivity index (χ1v) is 5.93. The van der Waals surface area contributed by atoms with E-state index in [1.807, 2.05) is 6.07 Å². The maximum Gasteiger partial charge on any atom is 0.258 e. The molecule has 1 heterocycles. The monoisotopic (exact) mass is 265 g/mol. The Bertz CT molecular complexity index is 561. The molecule has 0 unspecified atom stereocenters. The van der Waals surface area contributed by atoms with Gasteiger partial charge in [-0.2, -0.15) is 9.65 Å². The van der Waals surface area contributed by atoms with Crippen LogP contribution in [0.25, 0.3) is 0 Å². The number of nitrogens with zero attached hydrogens (tertiary/aromatic N) is 3. The molecule has 0 atom stereocenters. The summed E-state index contributed by atoms with van der Waals surface area (Å²) < 4.78 is 26.7. The van der Waals surface area contributed by atoms with E-state index in [4.69, 9.17) is 5.26 Å². The van der Waals surface area contributed by atoms with E-state index in [0.29, 0.717) is 0 Å². The first kappa shape index (κ1) is 13.4. The standard InChI is InChI=1S/C13H13F2N3O/c1-13(2,7-16)18(8-3-4-8)12(19)9-5-6-17-11(15)10(9)14/h5-6,8H,3-4H2,1-2H3. The van der Waals surface area contributed by atoms with Crippen molar-refractivity contribution in [3.8, 4) is 6.07 Å². The van der Waals surface area contributed by atoms with E-state index in [1.54, 1.807) is 13.8 Å². The van der Waals surface area contributed by atoms with Gasteiger partial charge in [-0.05, 0) is 32.8 Å². The number of carbonyl (C=O) groups is 1. The Morgan fingerprint density at radius 3 is 2.68 bits per heavy atom. The van der Waals surface area contributed by atoms with Crippen LogP contribution in [0, 0.1) is 23.1 Å². The van der Waals surface area contributed by atoms with Crippen molar-refractivity contribution in [1.82, 2.24) is 9.88 Å². The Morgan fingerprint density at radius 1 is 1.53 bits per heavy atom. The largest absolute Gasteiger partial charge is 0.317 e. The second kappa shape index (κ2) is 4.57. The zero-order chi connectivity index (χ0) is 14.2. The first-order valence-electron chi connectivity index (χ1n) is 5.93. The van der Waals surface area contributed by atoms with E-state index >= 15 is 0 Å². The highest BCUT2D eigenvalue weighted by Gasteiger charge is 2.43. The summed E-state index contributed by atoms with van der Waals surface area (Å²) in [5.74, 6) is -3.25. The fourth-order valence-electron chi connectivity index (χ4n) is 1.98. The van der Waals surface area contributed by atoms with E-state index in [1.165, 1.54) is 4.90 Å². The van der Waals surface area contributed by atoms with Crippen LogP contribution in [-0.2, 0) is 0 Å². The Morgan fingerprint density at radius 2 is 2.16 bits per heavy atom. The average molecular weight is 265 g/mol. The van der Waals surface area contributed by atoms with Gasteiger partial charge in [0.1, 0.15) is 5.54 Å². The quantitative estimate of drug-likeness (QED) is 0.788. The van der Waals surface area contributed by atoms with Gasteiger partial charge < -0.3 is 4.90 Å². The number of amides is 1. The molecule has 0 aliphatic heterocycles. The van der Waals surface area contributed by atoms with Gasteiger partial charge in [-0.15, -0.1) is 0 Å². The van der Waals surface area contributed by atoms with Gasteiger partial charge in [0.25, 0.3) is 5.91 Å². The van der Waals surface area contributed by atoms with Crippen molar-refractivity contribution in [2.75, 3.05) is 0 Å². The van der Waals surface area contributed by atoms with Gasteiger partial charge in [-0.25, -0.2) is 9.37 Å². The smallest absolute Gasteiger partial charge is 0.258 e. The maximum absolute atomic E-state index is 13.6. The van der Waals surface area contributed by atoms with Crippen molar-refractivity contribution in [2.24, 2.45) is 0 Å². The summed E-state index contributed by atoms with van der Waals surface area (Å²) >= 11 is 0. The molecule has 1 saturated carbocycles. The zero-order valence-corrected chi connectivity index (χ0v) is 10.7. The molecule has 0 N–H and O–H groups in total. The lowest BCUT2D eigenvalue weighted by molar-refractivity contribution is 0.0608. The lowest BCUT2D eigenvalue weighted by Crippen LogP contribution is -2.48. The lowest BCUT2D eigenvalue weighted by Gasteiger charge is -2.33. The normalized spacial score (nSPS) is 14.9. The van der Waals surface area contributed by atoms with Crippen LogP contribution in [0.2, 0.25) is 0 Å². The number of pyridine rings is 1. The van der Waals surface area contributed by atoms with Crippen LogP contribution < -0.4 is 0 Å². The number of hydrogen-bond donors (Lipinski definition) is 0. The summed E-state index contributed by atoms with van der Waals surface area (Å²) in [5.41, 5.74) is -1.45. The highest BCUT2D eigenvalue weighted by atomic mass is 19.2. The van der Waals surface area contributed by atoms with Crippen molar-refractivity contribution in [2.45, 2.75) is 38.3 Å². The van der Waals surface area contributed by atoms with Gasteiger partial charge in [-0.1, -0.05) is 0 Å².